The molecular formula is C27H24K2N4O9S2. The smallest absolute Gasteiger partial charge is 0.744 e. The van der Waals surface area contributed by atoms with Gasteiger partial charge in [0.15, 0.2) is 0 Å². The zero-order valence-corrected chi connectivity index (χ0v) is 32.1. The van der Waals surface area contributed by atoms with E-state index < -0.39 is 41.5 Å². The number of carbonyl (C=O) groups excluding carboxylic acids is 1. The van der Waals surface area contributed by atoms with E-state index >= 15 is 0 Å². The van der Waals surface area contributed by atoms with Gasteiger partial charge in [-0.1, -0.05) is 25.2 Å². The van der Waals surface area contributed by atoms with Gasteiger partial charge in [-0.15, -0.1) is 0 Å². The number of aromatic nitrogens is 2. The quantitative estimate of drug-likeness (QED) is 0.0981. The predicted octanol–water partition coefficient (Wildman–Crippen LogP) is -3.31. The van der Waals surface area contributed by atoms with Crippen LogP contribution >= 0.6 is 0 Å². The van der Waals surface area contributed by atoms with Gasteiger partial charge in [0.1, 0.15) is 25.8 Å². The number of benzene rings is 2. The summed E-state index contributed by atoms with van der Waals surface area (Å²) in [7, 11) is -9.26. The molecule has 3 aromatic rings. The van der Waals surface area contributed by atoms with Crippen molar-refractivity contribution in [3.63, 3.8) is 0 Å². The molecule has 2 aromatic carbocycles. The zero-order valence-electron chi connectivity index (χ0n) is 24.3. The molecule has 220 valence electrons. The van der Waals surface area contributed by atoms with Crippen LogP contribution in [0.2, 0.25) is 0 Å². The molecule has 2 heterocycles. The van der Waals surface area contributed by atoms with Crippen LogP contribution < -0.4 is 118 Å². The number of aromatic amines is 1. The predicted molar refractivity (Wildman–Crippen MR) is 151 cm³/mol. The summed E-state index contributed by atoms with van der Waals surface area (Å²) in [5, 5.41) is 8.24. The van der Waals surface area contributed by atoms with Crippen molar-refractivity contribution < 1.29 is 138 Å². The van der Waals surface area contributed by atoms with Crippen LogP contribution in [0.5, 0.6) is 5.88 Å². The van der Waals surface area contributed by atoms with Crippen LogP contribution in [0, 0.1) is 0 Å². The number of hydrogen-bond donors (Lipinski definition) is 1. The molecule has 4 rings (SSSR count). The minimum absolute atomic E-state index is 0. The van der Waals surface area contributed by atoms with E-state index in [4.69, 9.17) is 4.74 Å². The van der Waals surface area contributed by atoms with E-state index in [1.165, 1.54) is 30.3 Å². The minimum Gasteiger partial charge on any atom is -0.744 e. The number of H-pyrrole nitrogens is 1. The number of rotatable bonds is 10. The maximum atomic E-state index is 13.1. The Morgan fingerprint density at radius 3 is 1.89 bits per heavy atom. The van der Waals surface area contributed by atoms with Gasteiger partial charge in [-0.3, -0.25) is 14.7 Å². The normalized spacial score (nSPS) is 14.6. The van der Waals surface area contributed by atoms with Crippen molar-refractivity contribution in [2.75, 3.05) is 11.6 Å². The maximum absolute atomic E-state index is 13.1. The van der Waals surface area contributed by atoms with Crippen molar-refractivity contribution in [1.82, 2.24) is 9.78 Å². The molecule has 0 saturated carbocycles. The Labute approximate surface area is 339 Å². The van der Waals surface area contributed by atoms with Gasteiger partial charge >= 0.3 is 103 Å². The molecule has 17 heteroatoms. The van der Waals surface area contributed by atoms with Crippen LogP contribution in [0.3, 0.4) is 0 Å². The van der Waals surface area contributed by atoms with Crippen LogP contribution in [-0.2, 0) is 25.0 Å². The summed E-state index contributed by atoms with van der Waals surface area (Å²) in [4.78, 5) is 25.2. The molecule has 0 aliphatic carbocycles. The second kappa shape index (κ2) is 16.5. The van der Waals surface area contributed by atoms with E-state index in [2.05, 4.69) is 10.2 Å². The van der Waals surface area contributed by atoms with Crippen LogP contribution in [0.4, 0.5) is 5.69 Å². The third-order valence-corrected chi connectivity index (χ3v) is 7.67. The van der Waals surface area contributed by atoms with Gasteiger partial charge in [0, 0.05) is 0 Å². The number of amides is 1. The van der Waals surface area contributed by atoms with Crippen LogP contribution in [0.25, 0.3) is 11.8 Å². The van der Waals surface area contributed by atoms with Gasteiger partial charge in [-0.25, -0.2) is 21.5 Å². The Kier molecular flexibility index (Phi) is 14.6. The summed E-state index contributed by atoms with van der Waals surface area (Å²) < 4.78 is 73.8. The van der Waals surface area contributed by atoms with E-state index in [1.807, 2.05) is 6.92 Å². The first kappa shape index (κ1) is 38.9. The topological polar surface area (TPSA) is 194 Å². The summed E-state index contributed by atoms with van der Waals surface area (Å²) in [6.07, 6.45) is 8.21. The molecule has 0 bridgehead atoms. The Morgan fingerprint density at radius 1 is 0.841 bits per heavy atom. The number of carbonyl (C=O) groups is 1. The van der Waals surface area contributed by atoms with E-state index in [1.54, 1.807) is 31.2 Å². The van der Waals surface area contributed by atoms with Gasteiger partial charge in [0.2, 0.25) is 5.88 Å². The monoisotopic (exact) mass is 690 g/mol. The minimum atomic E-state index is -4.64. The fraction of sp³-hybridized carbons (Fsp3) is 0.148. The number of nitrogens with one attached hydrogen (secondary N) is 1. The molecule has 1 N–H and O–H groups in total. The summed E-state index contributed by atoms with van der Waals surface area (Å²) in [5.41, 5.74) is 1.08. The van der Waals surface area contributed by atoms with Crippen molar-refractivity contribution >= 4 is 43.6 Å². The van der Waals surface area contributed by atoms with E-state index in [9.17, 15) is 35.5 Å². The largest absolute Gasteiger partial charge is 1.00 e. The van der Waals surface area contributed by atoms with Gasteiger partial charge in [-0.2, -0.15) is 10.1 Å². The zero-order chi connectivity index (χ0) is 30.7. The van der Waals surface area contributed by atoms with Crippen molar-refractivity contribution in [3.05, 3.63) is 94.3 Å². The standard InChI is InChI=1S/C27H26N4O9S2.2K/c1-3-24-22(26(32)30(28-24)18-10-14-20(15-11-18)41(34,35)36)8-6-5-7-9-23-25(40-4-2)29-31(27(23)33)19-12-16-21(17-13-19)42(37,38)39;;/h5-17,29H,3-4H2,1-2H3,(H,34,35,36)(H,37,38,39);;/q;2*+1/p-2/b6-5+,9-7+,22-8+;;. The Morgan fingerprint density at radius 2 is 1.39 bits per heavy atom. The van der Waals surface area contributed by atoms with Gasteiger partial charge in [0.25, 0.3) is 11.5 Å². The second-order valence-corrected chi connectivity index (χ2v) is 11.4. The van der Waals surface area contributed by atoms with Crippen LogP contribution in [-0.4, -0.2) is 53.9 Å². The number of hydrogen-bond acceptors (Lipinski definition) is 10. The summed E-state index contributed by atoms with van der Waals surface area (Å²) in [6, 6.07) is 9.68. The molecule has 1 aliphatic rings. The van der Waals surface area contributed by atoms with Crippen molar-refractivity contribution in [2.45, 2.75) is 30.1 Å². The fourth-order valence-corrected chi connectivity index (χ4v) is 4.90. The summed E-state index contributed by atoms with van der Waals surface area (Å²) in [6.45, 7) is 3.81. The molecule has 0 radical (unpaired) electrons. The number of hydrazone groups is 1. The molecule has 0 fully saturated rings. The molecule has 13 nitrogen and oxygen atoms in total. The maximum Gasteiger partial charge on any atom is 1.00 e. The molecule has 0 saturated heterocycles. The van der Waals surface area contributed by atoms with E-state index in [0.717, 1.165) is 34.0 Å². The van der Waals surface area contributed by atoms with Crippen LogP contribution in [0.1, 0.15) is 25.8 Å². The van der Waals surface area contributed by atoms with Crippen LogP contribution in [0.15, 0.2) is 98.1 Å². The van der Waals surface area contributed by atoms with Gasteiger partial charge < -0.3 is 13.8 Å². The van der Waals surface area contributed by atoms with E-state index in [0.29, 0.717) is 23.4 Å². The van der Waals surface area contributed by atoms with Gasteiger partial charge in [0.05, 0.1) is 39.1 Å². The van der Waals surface area contributed by atoms with Crippen molar-refractivity contribution in [2.24, 2.45) is 5.10 Å². The molecule has 0 unspecified atom stereocenters. The number of ether oxygens (including phenoxy) is 1. The second-order valence-electron chi connectivity index (χ2n) is 8.67. The third kappa shape index (κ3) is 9.16. The summed E-state index contributed by atoms with van der Waals surface area (Å²) in [5.74, 6) is -0.273. The number of nitrogens with zero attached hydrogens (tertiary/aromatic N) is 3. The molecule has 1 aliphatic heterocycles. The third-order valence-electron chi connectivity index (χ3n) is 5.97. The molecule has 44 heavy (non-hydrogen) atoms. The Hall–Kier alpha value is -1.30. The van der Waals surface area contributed by atoms with E-state index in [-0.39, 0.29) is 127 Å². The Balaban J connectivity index is 0.00000337. The average Bonchev–Trinajstić information content (AvgIpc) is 3.43. The van der Waals surface area contributed by atoms with Crippen molar-refractivity contribution in [3.8, 4) is 11.6 Å². The molecular weight excluding hydrogens is 667 g/mol. The number of anilines is 1. The van der Waals surface area contributed by atoms with Crippen molar-refractivity contribution in [1.29, 1.82) is 0 Å². The molecule has 0 spiro atoms. The van der Waals surface area contributed by atoms with Gasteiger partial charge in [-0.05, 0) is 74.0 Å². The summed E-state index contributed by atoms with van der Waals surface area (Å²) >= 11 is 0. The fourth-order valence-electron chi connectivity index (χ4n) is 3.96. The SMILES string of the molecule is CCOc1[nH]n(-c2ccc(S(=O)(=O)[O-])cc2)c(=O)c1/C=C/C=C/C=C1/C(=O)N(c2ccc(S(=O)(=O)[O-])cc2)N=C1CC.[K+].[K+]. The average molecular weight is 691 g/mol. The first-order chi connectivity index (χ1) is 19.8. The molecule has 1 amide bonds. The number of allylic oxidation sites excluding steroid dienone is 4. The first-order valence-electron chi connectivity index (χ1n) is 12.4. The first-order valence-corrected chi connectivity index (χ1v) is 15.2. The Bertz CT molecular complexity index is 1910. The molecule has 1 aromatic heterocycles. The molecule has 0 atom stereocenters.